The molecular weight excluding hydrogens is 284 g/mol. The molecule has 1 aromatic carbocycles. The van der Waals surface area contributed by atoms with Crippen LogP contribution < -0.4 is 0 Å². The molecule has 0 N–H and O–H groups in total. The number of aryl methyl sites for hydroxylation is 1. The van der Waals surface area contributed by atoms with E-state index < -0.39 is 5.97 Å². The molecule has 0 amide bonds. The van der Waals surface area contributed by atoms with Crippen molar-refractivity contribution in [3.05, 3.63) is 28.5 Å². The van der Waals surface area contributed by atoms with Crippen LogP contribution in [0.4, 0.5) is 0 Å². The molecule has 1 aromatic heterocycles. The zero-order valence-electron chi connectivity index (χ0n) is 9.74. The largest absolute Gasteiger partial charge is 0.463 e. The third-order valence-corrected chi connectivity index (χ3v) is 3.02. The van der Waals surface area contributed by atoms with Crippen LogP contribution in [0.15, 0.2) is 22.7 Å². The number of fused-ring (bicyclic) bond motifs is 1. The maximum Gasteiger partial charge on any atom is 0.374 e. The first-order valence-corrected chi connectivity index (χ1v) is 6.20. The quantitative estimate of drug-likeness (QED) is 0.818. The van der Waals surface area contributed by atoms with Crippen LogP contribution in [0.2, 0.25) is 0 Å². The Kier molecular flexibility index (Phi) is 3.47. The molecule has 0 spiro atoms. The highest BCUT2D eigenvalue weighted by atomic mass is 79.9. The molecule has 0 atom stereocenters. The number of methoxy groups -OCH3 is 1. The highest BCUT2D eigenvalue weighted by Gasteiger charge is 2.17. The smallest absolute Gasteiger partial charge is 0.374 e. The lowest BCUT2D eigenvalue weighted by atomic mass is 10.3. The summed E-state index contributed by atoms with van der Waals surface area (Å²) in [6.07, 6.45) is 0.936. The standard InChI is InChI=1S/C12H13BrN2O2/c1-3-6-15-10-5-4-8(13)7-9(10)14-11(15)12(16)17-2/h4-5,7H,3,6H2,1-2H3. The van der Waals surface area contributed by atoms with Gasteiger partial charge in [0.05, 0.1) is 18.1 Å². The van der Waals surface area contributed by atoms with E-state index in [1.54, 1.807) is 0 Å². The number of hydrogen-bond donors (Lipinski definition) is 0. The van der Waals surface area contributed by atoms with Crippen molar-refractivity contribution < 1.29 is 9.53 Å². The van der Waals surface area contributed by atoms with Gasteiger partial charge in [0.1, 0.15) is 0 Å². The third-order valence-electron chi connectivity index (χ3n) is 2.53. The van der Waals surface area contributed by atoms with E-state index in [2.05, 4.69) is 27.8 Å². The second-order valence-corrected chi connectivity index (χ2v) is 4.63. The van der Waals surface area contributed by atoms with Gasteiger partial charge in [-0.3, -0.25) is 0 Å². The number of carbonyl (C=O) groups is 1. The Morgan fingerprint density at radius 1 is 1.53 bits per heavy atom. The van der Waals surface area contributed by atoms with Gasteiger partial charge < -0.3 is 9.30 Å². The Morgan fingerprint density at radius 2 is 2.29 bits per heavy atom. The van der Waals surface area contributed by atoms with E-state index in [4.69, 9.17) is 4.74 Å². The van der Waals surface area contributed by atoms with E-state index in [0.29, 0.717) is 5.82 Å². The number of carbonyl (C=O) groups excluding carboxylic acids is 1. The monoisotopic (exact) mass is 296 g/mol. The molecule has 0 aliphatic rings. The van der Waals surface area contributed by atoms with Crippen LogP contribution in [0.1, 0.15) is 24.0 Å². The van der Waals surface area contributed by atoms with Gasteiger partial charge in [0, 0.05) is 11.0 Å². The van der Waals surface area contributed by atoms with Gasteiger partial charge in [-0.25, -0.2) is 9.78 Å². The summed E-state index contributed by atoms with van der Waals surface area (Å²) in [4.78, 5) is 16.0. The normalized spacial score (nSPS) is 10.8. The van der Waals surface area contributed by atoms with Gasteiger partial charge in [0.2, 0.25) is 5.82 Å². The molecule has 0 fully saturated rings. The summed E-state index contributed by atoms with van der Waals surface area (Å²) < 4.78 is 7.59. The van der Waals surface area contributed by atoms with Gasteiger partial charge >= 0.3 is 5.97 Å². The van der Waals surface area contributed by atoms with Gasteiger partial charge in [-0.15, -0.1) is 0 Å². The summed E-state index contributed by atoms with van der Waals surface area (Å²) in [7, 11) is 1.37. The predicted octanol–water partition coefficient (Wildman–Crippen LogP) is 3.00. The van der Waals surface area contributed by atoms with Gasteiger partial charge in [-0.1, -0.05) is 22.9 Å². The lowest BCUT2D eigenvalue weighted by molar-refractivity contribution is 0.0582. The Labute approximate surface area is 108 Å². The second-order valence-electron chi connectivity index (χ2n) is 3.71. The van der Waals surface area contributed by atoms with Crippen molar-refractivity contribution in [2.24, 2.45) is 0 Å². The van der Waals surface area contributed by atoms with Gasteiger partial charge in [0.15, 0.2) is 0 Å². The second kappa shape index (κ2) is 4.87. The maximum atomic E-state index is 11.6. The number of imidazole rings is 1. The Hall–Kier alpha value is -1.36. The van der Waals surface area contributed by atoms with Crippen molar-refractivity contribution in [1.29, 1.82) is 0 Å². The fourth-order valence-corrected chi connectivity index (χ4v) is 2.15. The molecule has 0 aliphatic carbocycles. The zero-order chi connectivity index (χ0) is 12.4. The zero-order valence-corrected chi connectivity index (χ0v) is 11.3. The number of aromatic nitrogens is 2. The number of nitrogens with zero attached hydrogens (tertiary/aromatic N) is 2. The molecule has 0 radical (unpaired) electrons. The van der Waals surface area contributed by atoms with Crippen LogP contribution >= 0.6 is 15.9 Å². The summed E-state index contributed by atoms with van der Waals surface area (Å²) >= 11 is 3.39. The molecule has 90 valence electrons. The molecule has 2 aromatic rings. The minimum absolute atomic E-state index is 0.363. The number of halogens is 1. The minimum atomic E-state index is -0.397. The summed E-state index contributed by atoms with van der Waals surface area (Å²) in [5.74, 6) is -0.0341. The van der Waals surface area contributed by atoms with E-state index in [-0.39, 0.29) is 0 Å². The van der Waals surface area contributed by atoms with Crippen molar-refractivity contribution in [3.8, 4) is 0 Å². The maximum absolute atomic E-state index is 11.6. The predicted molar refractivity (Wildman–Crippen MR) is 69.1 cm³/mol. The summed E-state index contributed by atoms with van der Waals surface area (Å²) in [6.45, 7) is 2.81. The van der Waals surface area contributed by atoms with Gasteiger partial charge in [-0.05, 0) is 24.6 Å². The fraction of sp³-hybridized carbons (Fsp3) is 0.333. The van der Waals surface area contributed by atoms with Crippen molar-refractivity contribution in [2.45, 2.75) is 19.9 Å². The Morgan fingerprint density at radius 3 is 2.94 bits per heavy atom. The molecule has 0 unspecified atom stereocenters. The highest BCUT2D eigenvalue weighted by Crippen LogP contribution is 2.21. The molecule has 0 saturated carbocycles. The highest BCUT2D eigenvalue weighted by molar-refractivity contribution is 9.10. The van der Waals surface area contributed by atoms with Crippen LogP contribution in [0.25, 0.3) is 11.0 Å². The summed E-state index contributed by atoms with van der Waals surface area (Å²) in [5.41, 5.74) is 1.75. The van der Waals surface area contributed by atoms with Crippen LogP contribution in [0.5, 0.6) is 0 Å². The first-order valence-electron chi connectivity index (χ1n) is 5.41. The molecule has 5 heteroatoms. The Balaban J connectivity index is 2.65. The van der Waals surface area contributed by atoms with E-state index in [1.807, 2.05) is 22.8 Å². The van der Waals surface area contributed by atoms with E-state index in [0.717, 1.165) is 28.5 Å². The van der Waals surface area contributed by atoms with Crippen LogP contribution in [-0.4, -0.2) is 22.6 Å². The van der Waals surface area contributed by atoms with Gasteiger partial charge in [-0.2, -0.15) is 0 Å². The molecule has 2 rings (SSSR count). The topological polar surface area (TPSA) is 44.1 Å². The molecule has 0 saturated heterocycles. The minimum Gasteiger partial charge on any atom is -0.463 e. The SMILES string of the molecule is CCCn1c(C(=O)OC)nc2cc(Br)ccc21. The molecule has 4 nitrogen and oxygen atoms in total. The lowest BCUT2D eigenvalue weighted by Crippen LogP contribution is -2.11. The van der Waals surface area contributed by atoms with Crippen LogP contribution in [0, 0.1) is 0 Å². The van der Waals surface area contributed by atoms with E-state index >= 15 is 0 Å². The van der Waals surface area contributed by atoms with E-state index in [1.165, 1.54) is 7.11 Å². The first kappa shape index (κ1) is 12.1. The van der Waals surface area contributed by atoms with Crippen molar-refractivity contribution in [1.82, 2.24) is 9.55 Å². The Bertz CT molecular complexity index is 563. The molecule has 0 aliphatic heterocycles. The van der Waals surface area contributed by atoms with E-state index in [9.17, 15) is 4.79 Å². The molecule has 1 heterocycles. The first-order chi connectivity index (χ1) is 8.17. The van der Waals surface area contributed by atoms with Gasteiger partial charge in [0.25, 0.3) is 0 Å². The number of ether oxygens (including phenoxy) is 1. The van der Waals surface area contributed by atoms with Crippen molar-refractivity contribution >= 4 is 32.9 Å². The molecule has 0 bridgehead atoms. The fourth-order valence-electron chi connectivity index (χ4n) is 1.80. The van der Waals surface area contributed by atoms with Crippen molar-refractivity contribution in [3.63, 3.8) is 0 Å². The average Bonchev–Trinajstić information content (AvgIpc) is 2.67. The summed E-state index contributed by atoms with van der Waals surface area (Å²) in [6, 6.07) is 5.79. The average molecular weight is 297 g/mol. The molecule has 17 heavy (non-hydrogen) atoms. The number of benzene rings is 1. The van der Waals surface area contributed by atoms with Crippen LogP contribution in [-0.2, 0) is 11.3 Å². The number of esters is 1. The number of rotatable bonds is 3. The number of hydrogen-bond acceptors (Lipinski definition) is 3. The summed E-state index contributed by atoms with van der Waals surface area (Å²) in [5, 5.41) is 0. The molecular formula is C12H13BrN2O2. The lowest BCUT2D eigenvalue weighted by Gasteiger charge is -2.05. The van der Waals surface area contributed by atoms with Crippen molar-refractivity contribution in [2.75, 3.05) is 7.11 Å². The third kappa shape index (κ3) is 2.20. The van der Waals surface area contributed by atoms with Crippen LogP contribution in [0.3, 0.4) is 0 Å².